The number of para-hydroxylation sites is 1. The van der Waals surface area contributed by atoms with Crippen LogP contribution in [0, 0.1) is 0 Å². The molecule has 0 fully saturated rings. The Morgan fingerprint density at radius 2 is 1.48 bits per heavy atom. The van der Waals surface area contributed by atoms with Crippen LogP contribution in [0.1, 0.15) is 35.4 Å². The molecule has 4 aliphatic rings. The second kappa shape index (κ2) is 6.31. The van der Waals surface area contributed by atoms with Gasteiger partial charge in [0.1, 0.15) is 5.75 Å². The average molecular weight is 414 g/mol. The van der Waals surface area contributed by atoms with Crippen LogP contribution >= 0.6 is 0 Å². The van der Waals surface area contributed by atoms with Crippen molar-refractivity contribution in [2.24, 2.45) is 5.10 Å². The third-order valence-electron chi connectivity index (χ3n) is 6.09. The molecule has 0 amide bonds. The first-order valence-corrected chi connectivity index (χ1v) is 10.2. The highest BCUT2D eigenvalue weighted by Crippen LogP contribution is 2.49. The second-order valence-electron chi connectivity index (χ2n) is 7.84. The van der Waals surface area contributed by atoms with Gasteiger partial charge in [-0.05, 0) is 42.5 Å². The number of nitrogens with zero attached hydrogens (tertiary/aromatic N) is 2. The molecule has 0 aliphatic carbocycles. The molecule has 4 heterocycles. The highest BCUT2D eigenvalue weighted by atomic mass is 16.7. The summed E-state index contributed by atoms with van der Waals surface area (Å²) in [5.74, 6) is 3.90. The maximum absolute atomic E-state index is 6.43. The van der Waals surface area contributed by atoms with Crippen LogP contribution in [0.15, 0.2) is 65.8 Å². The number of ether oxygens (including phenoxy) is 5. The van der Waals surface area contributed by atoms with Crippen LogP contribution in [-0.4, -0.2) is 24.3 Å². The van der Waals surface area contributed by atoms with Crippen LogP contribution in [0.2, 0.25) is 0 Å². The van der Waals surface area contributed by atoms with Gasteiger partial charge in [-0.25, -0.2) is 5.01 Å². The van der Waals surface area contributed by atoms with E-state index < -0.39 is 0 Å². The fraction of sp³-hybridized carbons (Fsp3) is 0.208. The van der Waals surface area contributed by atoms with E-state index in [1.165, 1.54) is 0 Å². The molecular formula is C24H18N2O5. The molecule has 2 unspecified atom stereocenters. The van der Waals surface area contributed by atoms with Gasteiger partial charge in [0.2, 0.25) is 19.8 Å². The van der Waals surface area contributed by atoms with Crippen molar-refractivity contribution < 1.29 is 23.7 Å². The zero-order chi connectivity index (χ0) is 20.4. The first-order valence-electron chi connectivity index (χ1n) is 10.2. The minimum Gasteiger partial charge on any atom is -0.464 e. The van der Waals surface area contributed by atoms with Gasteiger partial charge in [-0.3, -0.25) is 0 Å². The summed E-state index contributed by atoms with van der Waals surface area (Å²) in [6.45, 7) is 0.499. The summed E-state index contributed by atoms with van der Waals surface area (Å²) >= 11 is 0. The predicted octanol–water partition coefficient (Wildman–Crippen LogP) is 4.39. The van der Waals surface area contributed by atoms with Crippen LogP contribution in [0.5, 0.6) is 28.7 Å². The lowest BCUT2D eigenvalue weighted by atomic mass is 9.95. The molecule has 7 rings (SSSR count). The average Bonchev–Trinajstić information content (AvgIpc) is 3.56. The molecule has 0 bridgehead atoms. The Morgan fingerprint density at radius 3 is 2.35 bits per heavy atom. The largest absolute Gasteiger partial charge is 0.464 e. The Morgan fingerprint density at radius 1 is 0.742 bits per heavy atom. The van der Waals surface area contributed by atoms with Gasteiger partial charge in [-0.15, -0.1) is 0 Å². The van der Waals surface area contributed by atoms with Gasteiger partial charge in [0.05, 0.1) is 11.8 Å². The Hall–Kier alpha value is -3.87. The summed E-state index contributed by atoms with van der Waals surface area (Å²) in [5.41, 5.74) is 4.13. The second-order valence-corrected chi connectivity index (χ2v) is 7.84. The minimum atomic E-state index is -0.360. The molecule has 31 heavy (non-hydrogen) atoms. The van der Waals surface area contributed by atoms with Gasteiger partial charge in [-0.2, -0.15) is 5.10 Å². The van der Waals surface area contributed by atoms with E-state index >= 15 is 0 Å². The Kier molecular flexibility index (Phi) is 3.44. The molecule has 7 heteroatoms. The lowest BCUT2D eigenvalue weighted by Crippen LogP contribution is -2.33. The molecule has 3 aromatic carbocycles. The van der Waals surface area contributed by atoms with Crippen molar-refractivity contribution in [1.82, 2.24) is 5.01 Å². The molecule has 0 saturated heterocycles. The van der Waals surface area contributed by atoms with Crippen molar-refractivity contribution in [3.63, 3.8) is 0 Å². The lowest BCUT2D eigenvalue weighted by molar-refractivity contribution is -0.0191. The van der Waals surface area contributed by atoms with Crippen LogP contribution in [-0.2, 0) is 0 Å². The fourth-order valence-electron chi connectivity index (χ4n) is 4.57. The van der Waals surface area contributed by atoms with Gasteiger partial charge < -0.3 is 23.7 Å². The van der Waals surface area contributed by atoms with E-state index in [4.69, 9.17) is 28.8 Å². The Labute approximate surface area is 178 Å². The van der Waals surface area contributed by atoms with Crippen LogP contribution < -0.4 is 23.7 Å². The molecule has 0 saturated carbocycles. The van der Waals surface area contributed by atoms with Crippen molar-refractivity contribution in [2.75, 3.05) is 13.6 Å². The molecule has 0 N–H and O–H groups in total. The molecule has 7 nitrogen and oxygen atoms in total. The first kappa shape index (κ1) is 16.9. The van der Waals surface area contributed by atoms with E-state index in [1.807, 2.05) is 54.6 Å². The van der Waals surface area contributed by atoms with E-state index in [1.54, 1.807) is 0 Å². The standard InChI is InChI=1S/C24H18N2O5/c1-2-4-19-16(3-1)18-11-17(14-5-7-20-22(9-14)29-12-27-20)25-26(18)24(31-19)15-6-8-21-23(10-15)30-13-28-21/h1-10,18,24H,11-13H2. The molecule has 4 aliphatic heterocycles. The quantitative estimate of drug-likeness (QED) is 0.620. The third kappa shape index (κ3) is 2.56. The van der Waals surface area contributed by atoms with Gasteiger partial charge in [0.25, 0.3) is 0 Å². The third-order valence-corrected chi connectivity index (χ3v) is 6.09. The molecule has 0 radical (unpaired) electrons. The topological polar surface area (TPSA) is 61.8 Å². The summed E-state index contributed by atoms with van der Waals surface area (Å²) in [6, 6.07) is 20.2. The van der Waals surface area contributed by atoms with Crippen LogP contribution in [0.3, 0.4) is 0 Å². The number of benzene rings is 3. The number of hydrogen-bond donors (Lipinski definition) is 0. The highest BCUT2D eigenvalue weighted by molar-refractivity contribution is 6.02. The normalized spacial score (nSPS) is 21.9. The van der Waals surface area contributed by atoms with Crippen molar-refractivity contribution in [1.29, 1.82) is 0 Å². The van der Waals surface area contributed by atoms with E-state index in [2.05, 4.69) is 11.1 Å². The summed E-state index contributed by atoms with van der Waals surface area (Å²) in [4.78, 5) is 0. The number of hydrazone groups is 1. The van der Waals surface area contributed by atoms with Crippen molar-refractivity contribution in [2.45, 2.75) is 18.7 Å². The van der Waals surface area contributed by atoms with Crippen LogP contribution in [0.25, 0.3) is 0 Å². The van der Waals surface area contributed by atoms with Gasteiger partial charge in [0, 0.05) is 23.1 Å². The molecule has 0 aromatic heterocycles. The van der Waals surface area contributed by atoms with E-state index in [0.29, 0.717) is 0 Å². The Bertz CT molecular complexity index is 1240. The summed E-state index contributed by atoms with van der Waals surface area (Å²) < 4.78 is 28.5. The van der Waals surface area contributed by atoms with E-state index in [0.717, 1.165) is 57.6 Å². The molecule has 2 atom stereocenters. The molecular weight excluding hydrogens is 396 g/mol. The zero-order valence-electron chi connectivity index (χ0n) is 16.5. The predicted molar refractivity (Wildman–Crippen MR) is 111 cm³/mol. The SMILES string of the molecule is c1ccc2c(c1)OC(c1ccc3c(c1)OCO3)N1N=C(c3ccc4c(c3)OCO4)CC21. The zero-order valence-corrected chi connectivity index (χ0v) is 16.5. The fourth-order valence-corrected chi connectivity index (χ4v) is 4.57. The summed E-state index contributed by atoms with van der Waals surface area (Å²) in [6.07, 6.45) is 0.419. The lowest BCUT2D eigenvalue weighted by Gasteiger charge is -2.38. The Balaban J connectivity index is 1.31. The first-order chi connectivity index (χ1) is 15.3. The molecule has 154 valence electrons. The monoisotopic (exact) mass is 414 g/mol. The van der Waals surface area contributed by atoms with Crippen LogP contribution in [0.4, 0.5) is 0 Å². The van der Waals surface area contributed by atoms with Crippen molar-refractivity contribution >= 4 is 5.71 Å². The minimum absolute atomic E-state index is 0.0841. The number of hydrogen-bond acceptors (Lipinski definition) is 7. The van der Waals surface area contributed by atoms with Crippen molar-refractivity contribution in [3.05, 3.63) is 77.4 Å². The van der Waals surface area contributed by atoms with Gasteiger partial charge >= 0.3 is 0 Å². The maximum atomic E-state index is 6.43. The molecule has 3 aromatic rings. The smallest absolute Gasteiger partial charge is 0.231 e. The van der Waals surface area contributed by atoms with Crippen molar-refractivity contribution in [3.8, 4) is 28.7 Å². The van der Waals surface area contributed by atoms with Gasteiger partial charge in [0.15, 0.2) is 23.0 Å². The summed E-state index contributed by atoms with van der Waals surface area (Å²) in [5, 5.41) is 7.07. The maximum Gasteiger partial charge on any atom is 0.231 e. The summed E-state index contributed by atoms with van der Waals surface area (Å²) in [7, 11) is 0. The van der Waals surface area contributed by atoms with Gasteiger partial charge in [-0.1, -0.05) is 18.2 Å². The molecule has 0 spiro atoms. The van der Waals surface area contributed by atoms with E-state index in [9.17, 15) is 0 Å². The highest BCUT2D eigenvalue weighted by Gasteiger charge is 2.41. The van der Waals surface area contributed by atoms with E-state index in [-0.39, 0.29) is 25.9 Å². The number of rotatable bonds is 2. The number of fused-ring (bicyclic) bond motifs is 5.